The van der Waals surface area contributed by atoms with E-state index in [9.17, 15) is 5.11 Å². The summed E-state index contributed by atoms with van der Waals surface area (Å²) in [6, 6.07) is 12.4. The maximum Gasteiger partial charge on any atom is 0.119 e. The molecule has 0 bridgehead atoms. The maximum absolute atomic E-state index is 10.4. The van der Waals surface area contributed by atoms with Gasteiger partial charge < -0.3 is 14.6 Å². The van der Waals surface area contributed by atoms with Crippen LogP contribution in [0, 0.1) is 6.92 Å². The van der Waals surface area contributed by atoms with Crippen LogP contribution in [0.5, 0.6) is 11.5 Å². The lowest BCUT2D eigenvalue weighted by Gasteiger charge is -2.26. The first-order chi connectivity index (χ1) is 12.2. The molecule has 2 aromatic rings. The molecule has 3 rings (SSSR count). The smallest absolute Gasteiger partial charge is 0.119 e. The van der Waals surface area contributed by atoms with Crippen LogP contribution in [-0.2, 0) is 0 Å². The lowest BCUT2D eigenvalue weighted by atomic mass is 10.2. The van der Waals surface area contributed by atoms with E-state index in [2.05, 4.69) is 24.0 Å². The molecule has 0 spiro atoms. The number of ether oxygens (including phenoxy) is 2. The van der Waals surface area contributed by atoms with Gasteiger partial charge in [-0.2, -0.15) is 0 Å². The minimum atomic E-state index is -0.492. The quantitative estimate of drug-likeness (QED) is 0.771. The van der Waals surface area contributed by atoms with Crippen molar-refractivity contribution in [3.8, 4) is 11.5 Å². The van der Waals surface area contributed by atoms with Gasteiger partial charge in [-0.15, -0.1) is 11.3 Å². The highest BCUT2D eigenvalue weighted by Crippen LogP contribution is 2.35. The fourth-order valence-corrected chi connectivity index (χ4v) is 4.36. The number of benzene rings is 1. The predicted octanol–water partition coefficient (Wildman–Crippen LogP) is 4.03. The Morgan fingerprint density at radius 3 is 2.52 bits per heavy atom. The highest BCUT2D eigenvalue weighted by molar-refractivity contribution is 7.12. The van der Waals surface area contributed by atoms with E-state index in [0.29, 0.717) is 25.8 Å². The normalized spacial score (nSPS) is 19.1. The average Bonchev–Trinajstić information content (AvgIpc) is 3.23. The molecule has 1 aliphatic rings. The Morgan fingerprint density at radius 2 is 1.88 bits per heavy atom. The Bertz CT molecular complexity index is 655. The highest BCUT2D eigenvalue weighted by atomic mass is 32.1. The fraction of sp³-hybridized carbons (Fsp3) is 0.500. The number of aliphatic hydroxyl groups excluding tert-OH is 1. The summed E-state index contributed by atoms with van der Waals surface area (Å²) in [5, 5.41) is 10.4. The zero-order valence-corrected chi connectivity index (χ0v) is 15.8. The molecule has 0 amide bonds. The van der Waals surface area contributed by atoms with Crippen molar-refractivity contribution in [2.24, 2.45) is 0 Å². The summed E-state index contributed by atoms with van der Waals surface area (Å²) in [7, 11) is 0. The van der Waals surface area contributed by atoms with Gasteiger partial charge in [0.25, 0.3) is 0 Å². The number of rotatable bonds is 8. The van der Waals surface area contributed by atoms with Crippen molar-refractivity contribution < 1.29 is 14.6 Å². The average molecular weight is 362 g/mol. The molecule has 4 nitrogen and oxygen atoms in total. The lowest BCUT2D eigenvalue weighted by molar-refractivity contribution is 0.0643. The summed E-state index contributed by atoms with van der Waals surface area (Å²) in [6.07, 6.45) is 1.87. The Labute approximate surface area is 154 Å². The first kappa shape index (κ1) is 18.2. The minimum Gasteiger partial charge on any atom is -0.494 e. The molecule has 1 saturated heterocycles. The zero-order valence-electron chi connectivity index (χ0n) is 15.0. The Balaban J connectivity index is 1.49. The predicted molar refractivity (Wildman–Crippen MR) is 102 cm³/mol. The summed E-state index contributed by atoms with van der Waals surface area (Å²) in [5.41, 5.74) is 0. The van der Waals surface area contributed by atoms with E-state index >= 15 is 0 Å². The molecular weight excluding hydrogens is 334 g/mol. The van der Waals surface area contributed by atoms with Gasteiger partial charge in [-0.05, 0) is 69.6 Å². The molecule has 1 aliphatic heterocycles. The number of aryl methyl sites for hydroxylation is 1. The van der Waals surface area contributed by atoms with E-state index in [1.807, 2.05) is 42.5 Å². The fourth-order valence-electron chi connectivity index (χ4n) is 3.31. The van der Waals surface area contributed by atoms with Gasteiger partial charge in [0, 0.05) is 22.3 Å². The van der Waals surface area contributed by atoms with Gasteiger partial charge in [0.1, 0.15) is 24.2 Å². The van der Waals surface area contributed by atoms with Crippen LogP contribution in [0.2, 0.25) is 0 Å². The topological polar surface area (TPSA) is 41.9 Å². The van der Waals surface area contributed by atoms with Crippen molar-refractivity contribution in [2.75, 3.05) is 26.3 Å². The van der Waals surface area contributed by atoms with Crippen LogP contribution in [0.15, 0.2) is 36.4 Å². The van der Waals surface area contributed by atoms with E-state index in [1.165, 1.54) is 22.6 Å². The van der Waals surface area contributed by atoms with E-state index < -0.39 is 6.10 Å². The van der Waals surface area contributed by atoms with Gasteiger partial charge in [-0.1, -0.05) is 0 Å². The lowest BCUT2D eigenvalue weighted by Crippen LogP contribution is -2.35. The van der Waals surface area contributed by atoms with Crippen LogP contribution in [0.4, 0.5) is 0 Å². The van der Waals surface area contributed by atoms with Crippen LogP contribution in [-0.4, -0.2) is 42.4 Å². The molecule has 1 N–H and O–H groups in total. The largest absolute Gasteiger partial charge is 0.494 e. The number of aliphatic hydroxyl groups is 1. The van der Waals surface area contributed by atoms with Gasteiger partial charge in [0.15, 0.2) is 0 Å². The van der Waals surface area contributed by atoms with Crippen LogP contribution >= 0.6 is 11.3 Å². The Morgan fingerprint density at radius 1 is 1.16 bits per heavy atom. The monoisotopic (exact) mass is 361 g/mol. The second-order valence-corrected chi connectivity index (χ2v) is 7.79. The summed E-state index contributed by atoms with van der Waals surface area (Å²) >= 11 is 1.86. The van der Waals surface area contributed by atoms with Crippen molar-refractivity contribution in [3.63, 3.8) is 0 Å². The summed E-state index contributed by atoms with van der Waals surface area (Å²) in [5.74, 6) is 1.59. The third-order valence-electron chi connectivity index (χ3n) is 4.48. The second kappa shape index (κ2) is 8.70. The molecule has 0 saturated carbocycles. The van der Waals surface area contributed by atoms with E-state index in [-0.39, 0.29) is 0 Å². The van der Waals surface area contributed by atoms with Crippen LogP contribution in [0.1, 0.15) is 35.6 Å². The molecule has 2 heterocycles. The standard InChI is InChI=1S/C20H27NO3S/c1-3-23-17-7-9-18(10-8-17)24-14-16(22)13-21-12-4-5-19(21)20-11-6-15(2)25-20/h6-11,16,19,22H,3-5,12-14H2,1-2H3. The van der Waals surface area contributed by atoms with Crippen molar-refractivity contribution >= 4 is 11.3 Å². The van der Waals surface area contributed by atoms with E-state index in [0.717, 1.165) is 18.0 Å². The van der Waals surface area contributed by atoms with Gasteiger partial charge >= 0.3 is 0 Å². The minimum absolute atomic E-state index is 0.306. The van der Waals surface area contributed by atoms with Crippen molar-refractivity contribution in [1.29, 1.82) is 0 Å². The molecule has 1 aromatic heterocycles. The number of thiophene rings is 1. The molecule has 25 heavy (non-hydrogen) atoms. The third kappa shape index (κ3) is 4.97. The SMILES string of the molecule is CCOc1ccc(OCC(O)CN2CCCC2c2ccc(C)s2)cc1. The van der Waals surface area contributed by atoms with Crippen LogP contribution in [0.3, 0.4) is 0 Å². The van der Waals surface area contributed by atoms with Crippen molar-refractivity contribution in [3.05, 3.63) is 46.2 Å². The molecule has 1 fully saturated rings. The molecule has 2 atom stereocenters. The summed E-state index contributed by atoms with van der Waals surface area (Å²) < 4.78 is 11.1. The molecular formula is C20H27NO3S. The Kier molecular flexibility index (Phi) is 6.34. The van der Waals surface area contributed by atoms with Crippen molar-refractivity contribution in [2.45, 2.75) is 38.8 Å². The molecule has 136 valence electrons. The molecule has 0 aliphatic carbocycles. The third-order valence-corrected chi connectivity index (χ3v) is 5.58. The van der Waals surface area contributed by atoms with Gasteiger partial charge in [-0.25, -0.2) is 0 Å². The zero-order chi connectivity index (χ0) is 17.6. The van der Waals surface area contributed by atoms with Gasteiger partial charge in [0.05, 0.1) is 6.61 Å². The molecule has 0 radical (unpaired) electrons. The van der Waals surface area contributed by atoms with Crippen molar-refractivity contribution in [1.82, 2.24) is 4.90 Å². The number of hydrogen-bond acceptors (Lipinski definition) is 5. The number of β-amino-alcohol motifs (C(OH)–C–C–N with tert-alkyl or cyclic N) is 1. The van der Waals surface area contributed by atoms with Gasteiger partial charge in [-0.3, -0.25) is 4.90 Å². The maximum atomic E-state index is 10.4. The molecule has 5 heteroatoms. The van der Waals surface area contributed by atoms with Crippen LogP contribution < -0.4 is 9.47 Å². The van der Waals surface area contributed by atoms with Crippen LogP contribution in [0.25, 0.3) is 0 Å². The summed E-state index contributed by atoms with van der Waals surface area (Å²) in [6.45, 7) is 6.76. The first-order valence-electron chi connectivity index (χ1n) is 9.00. The Hall–Kier alpha value is -1.56. The first-order valence-corrected chi connectivity index (χ1v) is 9.81. The van der Waals surface area contributed by atoms with Gasteiger partial charge in [0.2, 0.25) is 0 Å². The molecule has 1 aromatic carbocycles. The molecule has 2 unspecified atom stereocenters. The van der Waals surface area contributed by atoms with E-state index in [4.69, 9.17) is 9.47 Å². The number of hydrogen-bond donors (Lipinski definition) is 1. The number of likely N-dealkylation sites (tertiary alicyclic amines) is 1. The van der Waals surface area contributed by atoms with E-state index in [1.54, 1.807) is 0 Å². The summed E-state index contributed by atoms with van der Waals surface area (Å²) in [4.78, 5) is 5.15. The number of nitrogens with zero attached hydrogens (tertiary/aromatic N) is 1. The highest BCUT2D eigenvalue weighted by Gasteiger charge is 2.28. The second-order valence-electron chi connectivity index (χ2n) is 6.47.